The van der Waals surface area contributed by atoms with Crippen molar-refractivity contribution in [3.05, 3.63) is 16.6 Å². The summed E-state index contributed by atoms with van der Waals surface area (Å²) in [6, 6.07) is 0. The zero-order chi connectivity index (χ0) is 13.0. The van der Waals surface area contributed by atoms with Gasteiger partial charge in [0.25, 0.3) is 0 Å². The summed E-state index contributed by atoms with van der Waals surface area (Å²) in [6.45, 7) is 0.578. The Kier molecular flexibility index (Phi) is 4.34. The maximum Gasteiger partial charge on any atom is 0.224 e. The number of nitrogens with one attached hydrogen (secondary N) is 1. The topological polar surface area (TPSA) is 76.1 Å². The first-order valence-corrected chi connectivity index (χ1v) is 8.63. The van der Waals surface area contributed by atoms with Crippen LogP contribution in [0.3, 0.4) is 0 Å². The molecule has 1 aliphatic heterocycles. The SMILES string of the molecule is O=C(NCCCc1nccs1)C1CCS(=O)(=O)C1. The number of aryl methyl sites for hydroxylation is 1. The van der Waals surface area contributed by atoms with E-state index in [1.807, 2.05) is 5.38 Å². The van der Waals surface area contributed by atoms with E-state index in [0.717, 1.165) is 17.8 Å². The average Bonchev–Trinajstić information content (AvgIpc) is 2.93. The van der Waals surface area contributed by atoms with E-state index in [0.29, 0.717) is 13.0 Å². The Morgan fingerprint density at radius 2 is 2.39 bits per heavy atom. The number of sulfone groups is 1. The van der Waals surface area contributed by atoms with E-state index in [4.69, 9.17) is 0 Å². The Morgan fingerprint density at radius 3 is 3.00 bits per heavy atom. The molecule has 0 radical (unpaired) electrons. The lowest BCUT2D eigenvalue weighted by atomic mass is 10.1. The smallest absolute Gasteiger partial charge is 0.224 e. The average molecular weight is 288 g/mol. The summed E-state index contributed by atoms with van der Waals surface area (Å²) in [7, 11) is -2.98. The summed E-state index contributed by atoms with van der Waals surface area (Å²) in [4.78, 5) is 15.9. The molecule has 0 spiro atoms. The summed E-state index contributed by atoms with van der Waals surface area (Å²) in [5.74, 6) is -0.333. The first-order chi connectivity index (χ1) is 8.57. The van der Waals surface area contributed by atoms with Crippen LogP contribution in [0.4, 0.5) is 0 Å². The highest BCUT2D eigenvalue weighted by molar-refractivity contribution is 7.91. The third-order valence-corrected chi connectivity index (χ3v) is 5.56. The van der Waals surface area contributed by atoms with Gasteiger partial charge in [-0.15, -0.1) is 11.3 Å². The molecule has 5 nitrogen and oxygen atoms in total. The molecular formula is C11H16N2O3S2. The van der Waals surface area contributed by atoms with Crippen molar-refractivity contribution >= 4 is 27.1 Å². The molecule has 1 atom stereocenters. The van der Waals surface area contributed by atoms with Crippen LogP contribution < -0.4 is 5.32 Å². The first-order valence-electron chi connectivity index (χ1n) is 5.93. The highest BCUT2D eigenvalue weighted by Crippen LogP contribution is 2.18. The van der Waals surface area contributed by atoms with E-state index in [9.17, 15) is 13.2 Å². The summed E-state index contributed by atoms with van der Waals surface area (Å²) >= 11 is 1.60. The zero-order valence-electron chi connectivity index (χ0n) is 9.96. The van der Waals surface area contributed by atoms with Gasteiger partial charge >= 0.3 is 0 Å². The number of hydrogen-bond acceptors (Lipinski definition) is 5. The molecule has 1 saturated heterocycles. The summed E-state index contributed by atoms with van der Waals surface area (Å²) in [5.41, 5.74) is 0. The number of rotatable bonds is 5. The van der Waals surface area contributed by atoms with Crippen LogP contribution in [0.1, 0.15) is 17.8 Å². The van der Waals surface area contributed by atoms with Crippen LogP contribution in [0.5, 0.6) is 0 Å². The molecule has 0 aliphatic carbocycles. The molecule has 1 aromatic heterocycles. The number of thiazole rings is 1. The normalized spacial score (nSPS) is 21.9. The molecule has 0 saturated carbocycles. The number of carbonyl (C=O) groups excluding carboxylic acids is 1. The Balaban J connectivity index is 1.66. The predicted molar refractivity (Wildman–Crippen MR) is 70.2 cm³/mol. The molecule has 1 amide bonds. The molecule has 2 heterocycles. The van der Waals surface area contributed by atoms with Gasteiger partial charge in [-0.2, -0.15) is 0 Å². The van der Waals surface area contributed by atoms with Crippen molar-refractivity contribution in [2.75, 3.05) is 18.1 Å². The molecule has 1 aliphatic rings. The molecule has 100 valence electrons. The third-order valence-electron chi connectivity index (χ3n) is 2.95. The number of aromatic nitrogens is 1. The quantitative estimate of drug-likeness (QED) is 0.806. The molecule has 0 aromatic carbocycles. The van der Waals surface area contributed by atoms with Crippen molar-refractivity contribution in [1.82, 2.24) is 10.3 Å². The van der Waals surface area contributed by atoms with Gasteiger partial charge in [-0.25, -0.2) is 13.4 Å². The molecule has 1 unspecified atom stereocenters. The number of hydrogen-bond donors (Lipinski definition) is 1. The molecule has 1 fully saturated rings. The van der Waals surface area contributed by atoms with Gasteiger partial charge in [-0.1, -0.05) is 0 Å². The van der Waals surface area contributed by atoms with Gasteiger partial charge < -0.3 is 5.32 Å². The molecule has 2 rings (SSSR count). The fourth-order valence-electron chi connectivity index (χ4n) is 1.97. The summed E-state index contributed by atoms with van der Waals surface area (Å²) in [5, 5.41) is 5.79. The standard InChI is InChI=1S/C11H16N2O3S2/c14-11(9-3-7-18(15,16)8-9)13-4-1-2-10-12-5-6-17-10/h5-6,9H,1-4,7-8H2,(H,13,14). The van der Waals surface area contributed by atoms with Gasteiger partial charge in [0.1, 0.15) is 0 Å². The molecule has 1 N–H and O–H groups in total. The largest absolute Gasteiger partial charge is 0.356 e. The fraction of sp³-hybridized carbons (Fsp3) is 0.636. The Hall–Kier alpha value is -0.950. The monoisotopic (exact) mass is 288 g/mol. The van der Waals surface area contributed by atoms with Gasteiger partial charge in [0.2, 0.25) is 5.91 Å². The Morgan fingerprint density at radius 1 is 1.56 bits per heavy atom. The van der Waals surface area contributed by atoms with Crippen molar-refractivity contribution in [2.24, 2.45) is 5.92 Å². The van der Waals surface area contributed by atoms with Crippen LogP contribution in [0.2, 0.25) is 0 Å². The lowest BCUT2D eigenvalue weighted by Crippen LogP contribution is -2.32. The third kappa shape index (κ3) is 3.78. The highest BCUT2D eigenvalue weighted by Gasteiger charge is 2.32. The zero-order valence-corrected chi connectivity index (χ0v) is 11.6. The second-order valence-electron chi connectivity index (χ2n) is 4.42. The van der Waals surface area contributed by atoms with Gasteiger partial charge in [-0.3, -0.25) is 4.79 Å². The number of nitrogens with zero attached hydrogens (tertiary/aromatic N) is 1. The minimum Gasteiger partial charge on any atom is -0.356 e. The second kappa shape index (κ2) is 5.79. The van der Waals surface area contributed by atoms with Crippen LogP contribution in [0.15, 0.2) is 11.6 Å². The van der Waals surface area contributed by atoms with E-state index in [1.54, 1.807) is 17.5 Å². The maximum absolute atomic E-state index is 11.7. The van der Waals surface area contributed by atoms with Crippen molar-refractivity contribution in [2.45, 2.75) is 19.3 Å². The lowest BCUT2D eigenvalue weighted by Gasteiger charge is -2.08. The van der Waals surface area contributed by atoms with Crippen LogP contribution in [0, 0.1) is 5.92 Å². The van der Waals surface area contributed by atoms with Gasteiger partial charge in [0, 0.05) is 24.5 Å². The highest BCUT2D eigenvalue weighted by atomic mass is 32.2. The molecule has 0 bridgehead atoms. The Labute approximate surface area is 111 Å². The maximum atomic E-state index is 11.7. The predicted octanol–water partition coefficient (Wildman–Crippen LogP) is 0.627. The van der Waals surface area contributed by atoms with Gasteiger partial charge in [0.15, 0.2) is 9.84 Å². The summed E-state index contributed by atoms with van der Waals surface area (Å²) < 4.78 is 22.5. The molecule has 7 heteroatoms. The minimum absolute atomic E-state index is 0.00527. The Bertz CT molecular complexity index is 496. The van der Waals surface area contributed by atoms with E-state index < -0.39 is 9.84 Å². The van der Waals surface area contributed by atoms with Crippen LogP contribution in [-0.2, 0) is 21.1 Å². The van der Waals surface area contributed by atoms with Crippen molar-refractivity contribution in [3.8, 4) is 0 Å². The van der Waals surface area contributed by atoms with Crippen LogP contribution in [0.25, 0.3) is 0 Å². The van der Waals surface area contributed by atoms with Crippen molar-refractivity contribution < 1.29 is 13.2 Å². The number of carbonyl (C=O) groups is 1. The van der Waals surface area contributed by atoms with E-state index >= 15 is 0 Å². The van der Waals surface area contributed by atoms with E-state index in [1.165, 1.54) is 0 Å². The van der Waals surface area contributed by atoms with Crippen molar-refractivity contribution in [3.63, 3.8) is 0 Å². The molecule has 18 heavy (non-hydrogen) atoms. The number of amides is 1. The van der Waals surface area contributed by atoms with E-state index in [2.05, 4.69) is 10.3 Å². The van der Waals surface area contributed by atoms with Gasteiger partial charge in [-0.05, 0) is 12.8 Å². The first kappa shape index (κ1) is 13.5. The van der Waals surface area contributed by atoms with Gasteiger partial charge in [0.05, 0.1) is 22.4 Å². The lowest BCUT2D eigenvalue weighted by molar-refractivity contribution is -0.124. The van der Waals surface area contributed by atoms with E-state index in [-0.39, 0.29) is 23.3 Å². The molecular weight excluding hydrogens is 272 g/mol. The fourth-order valence-corrected chi connectivity index (χ4v) is 4.38. The van der Waals surface area contributed by atoms with Crippen LogP contribution in [-0.4, -0.2) is 37.4 Å². The summed E-state index contributed by atoms with van der Waals surface area (Å²) in [6.07, 6.45) is 3.91. The minimum atomic E-state index is -2.98. The second-order valence-corrected chi connectivity index (χ2v) is 7.63. The van der Waals surface area contributed by atoms with Crippen LogP contribution >= 0.6 is 11.3 Å². The van der Waals surface area contributed by atoms with Crippen molar-refractivity contribution in [1.29, 1.82) is 0 Å². The molecule has 1 aromatic rings.